The SMILES string of the molecule is CO[C@](C(=O)O[C@@H]1CC[C@H](C(=O)N(CCc2ccc3ccccc3c2)c2ccc(CCC3CCCC3)cc2)CC1(F)F)(c1ccccc1)C(F)(F)F. The van der Waals surface area contributed by atoms with Crippen molar-refractivity contribution in [1.29, 1.82) is 0 Å². The summed E-state index contributed by atoms with van der Waals surface area (Å²) in [5.41, 5.74) is -1.47. The highest BCUT2D eigenvalue weighted by Crippen LogP contribution is 2.46. The first-order valence-electron chi connectivity index (χ1n) is 18.1. The summed E-state index contributed by atoms with van der Waals surface area (Å²) in [5, 5.41) is 2.13. The van der Waals surface area contributed by atoms with Crippen molar-refractivity contribution < 1.29 is 41.0 Å². The van der Waals surface area contributed by atoms with Crippen molar-refractivity contribution in [3.05, 3.63) is 114 Å². The zero-order valence-electron chi connectivity index (χ0n) is 29.2. The predicted octanol–water partition coefficient (Wildman–Crippen LogP) is 9.99. The molecule has 0 bridgehead atoms. The Morgan fingerprint density at radius 2 is 1.44 bits per heavy atom. The van der Waals surface area contributed by atoms with Crippen LogP contribution in [-0.2, 0) is 37.5 Å². The second-order valence-corrected chi connectivity index (χ2v) is 14.2. The minimum atomic E-state index is -5.31. The molecule has 0 spiro atoms. The number of alkyl halides is 5. The number of halogens is 5. The second-order valence-electron chi connectivity index (χ2n) is 14.2. The lowest BCUT2D eigenvalue weighted by molar-refractivity contribution is -0.283. The zero-order valence-corrected chi connectivity index (χ0v) is 29.2. The fourth-order valence-corrected chi connectivity index (χ4v) is 7.82. The topological polar surface area (TPSA) is 55.8 Å². The van der Waals surface area contributed by atoms with Crippen LogP contribution in [-0.4, -0.2) is 43.7 Å². The number of hydrogen-bond acceptors (Lipinski definition) is 4. The molecule has 5 nitrogen and oxygen atoms in total. The van der Waals surface area contributed by atoms with E-state index >= 15 is 8.78 Å². The number of carbonyl (C=O) groups is 2. The number of nitrogens with zero attached hydrogens (tertiary/aromatic N) is 1. The standard InChI is InChI=1S/C42H44F5NO4/c1-51-41(42(45,46)47,35-13-3-2-4-14-35)39(50)52-37-24-21-34(28-40(37,43)44)38(49)48(26-25-31-17-20-32-11-7-8-12-33(32)27-31)36-22-18-30(19-23-36)16-15-29-9-5-6-10-29/h2-4,7-8,11-14,17-20,22-23,27,29,34,37H,5-6,9-10,15-16,21,24-26,28H2,1H3/t34-,37+,41-/m0/s1. The fraction of sp³-hybridized carbons (Fsp3) is 0.429. The summed E-state index contributed by atoms with van der Waals surface area (Å²) in [7, 11) is 0.685. The van der Waals surface area contributed by atoms with Gasteiger partial charge in [0.1, 0.15) is 0 Å². The van der Waals surface area contributed by atoms with E-state index in [1.54, 1.807) is 0 Å². The molecule has 276 valence electrons. The Bertz CT molecular complexity index is 1820. The van der Waals surface area contributed by atoms with E-state index in [0.29, 0.717) is 19.2 Å². The third-order valence-corrected chi connectivity index (χ3v) is 10.8. The Morgan fingerprint density at radius 1 is 0.788 bits per heavy atom. The van der Waals surface area contributed by atoms with Crippen LogP contribution >= 0.6 is 0 Å². The van der Waals surface area contributed by atoms with E-state index in [2.05, 4.69) is 0 Å². The maximum atomic E-state index is 15.8. The van der Waals surface area contributed by atoms with E-state index in [9.17, 15) is 22.8 Å². The zero-order chi connectivity index (χ0) is 36.9. The van der Waals surface area contributed by atoms with Crippen molar-refractivity contribution in [3.8, 4) is 0 Å². The van der Waals surface area contributed by atoms with Crippen LogP contribution < -0.4 is 4.90 Å². The van der Waals surface area contributed by atoms with Crippen molar-refractivity contribution in [2.45, 2.75) is 88.0 Å². The van der Waals surface area contributed by atoms with Gasteiger partial charge in [-0.3, -0.25) is 4.79 Å². The number of carbonyl (C=O) groups excluding carboxylic acids is 2. The molecule has 2 saturated carbocycles. The van der Waals surface area contributed by atoms with E-state index < -0.39 is 60.0 Å². The third-order valence-electron chi connectivity index (χ3n) is 10.8. The molecule has 1 amide bonds. The lowest BCUT2D eigenvalue weighted by Crippen LogP contribution is -2.55. The molecule has 4 aromatic rings. The normalized spacial score (nSPS) is 20.3. The van der Waals surface area contributed by atoms with Crippen molar-refractivity contribution in [2.24, 2.45) is 11.8 Å². The maximum Gasteiger partial charge on any atom is 0.432 e. The Labute approximate surface area is 301 Å². The van der Waals surface area contributed by atoms with Crippen molar-refractivity contribution in [3.63, 3.8) is 0 Å². The fourth-order valence-electron chi connectivity index (χ4n) is 7.82. The molecule has 2 aliphatic carbocycles. The molecule has 0 heterocycles. The Balaban J connectivity index is 1.19. The first kappa shape index (κ1) is 37.4. The number of benzene rings is 4. The summed E-state index contributed by atoms with van der Waals surface area (Å²) < 4.78 is 84.6. The van der Waals surface area contributed by atoms with Gasteiger partial charge in [-0.25, -0.2) is 13.6 Å². The average Bonchev–Trinajstić information content (AvgIpc) is 3.66. The number of rotatable bonds is 12. The predicted molar refractivity (Wildman–Crippen MR) is 190 cm³/mol. The number of fused-ring (bicyclic) bond motifs is 1. The molecule has 0 unspecified atom stereocenters. The number of ether oxygens (including phenoxy) is 2. The van der Waals surface area contributed by atoms with E-state index in [4.69, 9.17) is 9.47 Å². The highest BCUT2D eigenvalue weighted by atomic mass is 19.4. The molecular formula is C42H44F5NO4. The van der Waals surface area contributed by atoms with Crippen molar-refractivity contribution in [1.82, 2.24) is 0 Å². The molecular weight excluding hydrogens is 677 g/mol. The quantitative estimate of drug-likeness (QED) is 0.108. The second kappa shape index (κ2) is 15.7. The van der Waals surface area contributed by atoms with Gasteiger partial charge in [-0.2, -0.15) is 13.2 Å². The van der Waals surface area contributed by atoms with Gasteiger partial charge in [0.2, 0.25) is 5.91 Å². The van der Waals surface area contributed by atoms with E-state index in [1.165, 1.54) is 48.8 Å². The molecule has 0 radical (unpaired) electrons. The molecule has 6 rings (SSSR count). The third kappa shape index (κ3) is 8.02. The van der Waals surface area contributed by atoms with Crippen LogP contribution in [0.2, 0.25) is 0 Å². The summed E-state index contributed by atoms with van der Waals surface area (Å²) >= 11 is 0. The summed E-state index contributed by atoms with van der Waals surface area (Å²) in [5.74, 6) is -6.67. The molecule has 3 atom stereocenters. The summed E-state index contributed by atoms with van der Waals surface area (Å²) in [4.78, 5) is 28.9. The van der Waals surface area contributed by atoms with Crippen LogP contribution in [0.3, 0.4) is 0 Å². The largest absolute Gasteiger partial charge is 0.453 e. The van der Waals surface area contributed by atoms with E-state index in [1.807, 2.05) is 66.7 Å². The Kier molecular flexibility index (Phi) is 11.3. The van der Waals surface area contributed by atoms with Crippen molar-refractivity contribution >= 4 is 28.3 Å². The van der Waals surface area contributed by atoms with Gasteiger partial charge in [-0.1, -0.05) is 111 Å². The van der Waals surface area contributed by atoms with Gasteiger partial charge in [-0.15, -0.1) is 0 Å². The van der Waals surface area contributed by atoms with Crippen LogP contribution in [0.25, 0.3) is 10.8 Å². The number of aryl methyl sites for hydroxylation is 1. The summed E-state index contributed by atoms with van der Waals surface area (Å²) in [6, 6.07) is 27.7. The molecule has 2 fully saturated rings. The molecule has 10 heteroatoms. The van der Waals surface area contributed by atoms with E-state index in [0.717, 1.165) is 52.8 Å². The molecule has 0 aliphatic heterocycles. The molecule has 4 aromatic carbocycles. The van der Waals surface area contributed by atoms with Crippen molar-refractivity contribution in [2.75, 3.05) is 18.6 Å². The van der Waals surface area contributed by atoms with Crippen LogP contribution in [0.1, 0.15) is 68.1 Å². The average molecular weight is 722 g/mol. The van der Waals surface area contributed by atoms with Crippen LogP contribution in [0, 0.1) is 11.8 Å². The number of amides is 1. The Hall–Kier alpha value is -4.31. The number of esters is 1. The number of hydrogen-bond donors (Lipinski definition) is 0. The minimum absolute atomic E-state index is 0.102. The Morgan fingerprint density at radius 3 is 2.10 bits per heavy atom. The van der Waals surface area contributed by atoms with Gasteiger partial charge in [0, 0.05) is 37.2 Å². The molecule has 0 N–H and O–H groups in total. The minimum Gasteiger partial charge on any atom is -0.453 e. The van der Waals surface area contributed by atoms with Crippen LogP contribution in [0.4, 0.5) is 27.6 Å². The van der Waals surface area contributed by atoms with E-state index in [-0.39, 0.29) is 13.0 Å². The molecule has 0 aromatic heterocycles. The smallest absolute Gasteiger partial charge is 0.432 e. The highest BCUT2D eigenvalue weighted by molar-refractivity contribution is 5.95. The lowest BCUT2D eigenvalue weighted by atomic mass is 9.83. The first-order valence-corrected chi connectivity index (χ1v) is 18.1. The highest BCUT2D eigenvalue weighted by Gasteiger charge is 2.65. The van der Waals surface area contributed by atoms with Crippen LogP contribution in [0.15, 0.2) is 97.1 Å². The van der Waals surface area contributed by atoms with Gasteiger partial charge in [0.15, 0.2) is 6.10 Å². The molecule has 0 saturated heterocycles. The van der Waals surface area contributed by atoms with Gasteiger partial charge in [-0.05, 0) is 72.1 Å². The van der Waals surface area contributed by atoms with Crippen LogP contribution in [0.5, 0.6) is 0 Å². The summed E-state index contributed by atoms with van der Waals surface area (Å²) in [6.45, 7) is 0.234. The van der Waals surface area contributed by atoms with Gasteiger partial charge in [0.25, 0.3) is 11.5 Å². The monoisotopic (exact) mass is 721 g/mol. The maximum absolute atomic E-state index is 15.8. The van der Waals surface area contributed by atoms with Gasteiger partial charge >= 0.3 is 12.1 Å². The molecule has 2 aliphatic rings. The number of methoxy groups -OCH3 is 1. The molecule has 52 heavy (non-hydrogen) atoms. The first-order chi connectivity index (χ1) is 24.9. The van der Waals surface area contributed by atoms with Gasteiger partial charge in [0.05, 0.1) is 0 Å². The summed E-state index contributed by atoms with van der Waals surface area (Å²) in [6.07, 6.45) is -1.50. The lowest BCUT2D eigenvalue weighted by Gasteiger charge is -2.39. The van der Waals surface area contributed by atoms with Gasteiger partial charge < -0.3 is 14.4 Å². The number of anilines is 1.